The van der Waals surface area contributed by atoms with Gasteiger partial charge in [-0.15, -0.1) is 0 Å². The molecule has 0 radical (unpaired) electrons. The van der Waals surface area contributed by atoms with Gasteiger partial charge in [0.25, 0.3) is 0 Å². The van der Waals surface area contributed by atoms with Crippen LogP contribution in [0.15, 0.2) is 0 Å². The van der Waals surface area contributed by atoms with Crippen molar-refractivity contribution < 1.29 is 19.4 Å². The fraction of sp³-hybridized carbons (Fsp3) is 0.750. The van der Waals surface area contributed by atoms with Gasteiger partial charge in [0.2, 0.25) is 5.91 Å². The Hall–Kier alpha value is -1.10. The SMILES string of the molecule is COC1(C(=O)O)CC(NC(C)=O)C1. The first-order valence-electron chi connectivity index (χ1n) is 4.06. The van der Waals surface area contributed by atoms with Crippen LogP contribution in [0, 0.1) is 0 Å². The van der Waals surface area contributed by atoms with E-state index in [2.05, 4.69) is 5.32 Å². The van der Waals surface area contributed by atoms with Gasteiger partial charge < -0.3 is 15.2 Å². The zero-order chi connectivity index (χ0) is 10.1. The summed E-state index contributed by atoms with van der Waals surface area (Å²) in [4.78, 5) is 21.3. The third-order valence-corrected chi connectivity index (χ3v) is 2.34. The summed E-state index contributed by atoms with van der Waals surface area (Å²) in [7, 11) is 1.37. The molecule has 1 rings (SSSR count). The normalized spacial score (nSPS) is 32.0. The molecule has 1 fully saturated rings. The minimum atomic E-state index is -1.08. The third-order valence-electron chi connectivity index (χ3n) is 2.34. The quantitative estimate of drug-likeness (QED) is 0.639. The molecular formula is C8H13NO4. The third kappa shape index (κ3) is 1.80. The molecule has 2 N–H and O–H groups in total. The molecule has 1 saturated carbocycles. The van der Waals surface area contributed by atoms with Gasteiger partial charge >= 0.3 is 5.97 Å². The molecule has 1 aliphatic carbocycles. The molecule has 13 heavy (non-hydrogen) atoms. The van der Waals surface area contributed by atoms with Crippen molar-refractivity contribution in [1.29, 1.82) is 0 Å². The summed E-state index contributed by atoms with van der Waals surface area (Å²) < 4.78 is 4.90. The molecule has 0 heterocycles. The Kier molecular flexibility index (Phi) is 2.56. The smallest absolute Gasteiger partial charge is 0.336 e. The molecule has 0 saturated heterocycles. The van der Waals surface area contributed by atoms with Gasteiger partial charge in [0.1, 0.15) is 0 Å². The maximum Gasteiger partial charge on any atom is 0.336 e. The molecule has 5 nitrogen and oxygen atoms in total. The highest BCUT2D eigenvalue weighted by Crippen LogP contribution is 2.35. The van der Waals surface area contributed by atoms with Crippen molar-refractivity contribution in [3.8, 4) is 0 Å². The van der Waals surface area contributed by atoms with Gasteiger partial charge in [-0.05, 0) is 0 Å². The number of ether oxygens (including phenoxy) is 1. The van der Waals surface area contributed by atoms with Gasteiger partial charge in [-0.2, -0.15) is 0 Å². The Morgan fingerprint density at radius 1 is 1.54 bits per heavy atom. The van der Waals surface area contributed by atoms with E-state index in [1.54, 1.807) is 0 Å². The number of nitrogens with one attached hydrogen (secondary N) is 1. The molecule has 0 aromatic rings. The van der Waals surface area contributed by atoms with Crippen LogP contribution in [0.3, 0.4) is 0 Å². The Bertz CT molecular complexity index is 232. The lowest BCUT2D eigenvalue weighted by molar-refractivity contribution is -0.177. The van der Waals surface area contributed by atoms with E-state index in [0.29, 0.717) is 12.8 Å². The molecule has 0 spiro atoms. The summed E-state index contributed by atoms with van der Waals surface area (Å²) in [5, 5.41) is 11.4. The molecule has 5 heteroatoms. The van der Waals surface area contributed by atoms with Gasteiger partial charge in [-0.1, -0.05) is 0 Å². The second kappa shape index (κ2) is 3.33. The highest BCUT2D eigenvalue weighted by molar-refractivity contribution is 5.80. The van der Waals surface area contributed by atoms with E-state index in [9.17, 15) is 9.59 Å². The largest absolute Gasteiger partial charge is 0.479 e. The topological polar surface area (TPSA) is 75.6 Å². The lowest BCUT2D eigenvalue weighted by Gasteiger charge is -2.42. The van der Waals surface area contributed by atoms with Crippen LogP contribution >= 0.6 is 0 Å². The summed E-state index contributed by atoms with van der Waals surface area (Å²) >= 11 is 0. The lowest BCUT2D eigenvalue weighted by Crippen LogP contribution is -2.59. The van der Waals surface area contributed by atoms with E-state index in [1.807, 2.05) is 0 Å². The summed E-state index contributed by atoms with van der Waals surface area (Å²) in [6.45, 7) is 1.41. The summed E-state index contributed by atoms with van der Waals surface area (Å²) in [5.74, 6) is -1.10. The van der Waals surface area contributed by atoms with Crippen LogP contribution in [0.4, 0.5) is 0 Å². The van der Waals surface area contributed by atoms with Crippen LogP contribution in [0.25, 0.3) is 0 Å². The molecule has 0 aromatic carbocycles. The molecule has 74 valence electrons. The second-order valence-electron chi connectivity index (χ2n) is 3.31. The Morgan fingerprint density at radius 2 is 2.08 bits per heavy atom. The number of rotatable bonds is 3. The predicted octanol–water partition coefficient (Wildman–Crippen LogP) is -0.245. The van der Waals surface area contributed by atoms with Crippen LogP contribution < -0.4 is 5.32 Å². The Labute approximate surface area is 76.1 Å². The van der Waals surface area contributed by atoms with Gasteiger partial charge in [0, 0.05) is 32.9 Å². The molecule has 0 aromatic heterocycles. The standard InChI is InChI=1S/C8H13NO4/c1-5(10)9-6-3-8(4-6,13-2)7(11)12/h6H,3-4H2,1-2H3,(H,9,10)(H,11,12). The Balaban J connectivity index is 2.45. The maximum atomic E-state index is 10.7. The molecule has 1 aliphatic rings. The first-order valence-corrected chi connectivity index (χ1v) is 4.06. The van der Waals surface area contributed by atoms with Crippen LogP contribution in [-0.2, 0) is 14.3 Å². The van der Waals surface area contributed by atoms with Crippen molar-refractivity contribution in [1.82, 2.24) is 5.32 Å². The number of hydrogen-bond donors (Lipinski definition) is 2. The maximum absolute atomic E-state index is 10.7. The van der Waals surface area contributed by atoms with Crippen molar-refractivity contribution >= 4 is 11.9 Å². The van der Waals surface area contributed by atoms with Crippen molar-refractivity contribution in [2.24, 2.45) is 0 Å². The minimum absolute atomic E-state index is 0.0615. The van der Waals surface area contributed by atoms with E-state index in [0.717, 1.165) is 0 Å². The summed E-state index contributed by atoms with van der Waals surface area (Å²) in [5.41, 5.74) is -1.08. The van der Waals surface area contributed by atoms with E-state index in [4.69, 9.17) is 9.84 Å². The zero-order valence-corrected chi connectivity index (χ0v) is 7.66. The monoisotopic (exact) mass is 187 g/mol. The highest BCUT2D eigenvalue weighted by atomic mass is 16.5. The number of carbonyl (C=O) groups is 2. The fourth-order valence-electron chi connectivity index (χ4n) is 1.55. The van der Waals surface area contributed by atoms with Crippen LogP contribution in [0.5, 0.6) is 0 Å². The zero-order valence-electron chi connectivity index (χ0n) is 7.66. The molecule has 1 amide bonds. The van der Waals surface area contributed by atoms with Gasteiger partial charge in [-0.25, -0.2) is 4.79 Å². The van der Waals surface area contributed by atoms with Crippen molar-refractivity contribution in [2.45, 2.75) is 31.4 Å². The van der Waals surface area contributed by atoms with E-state index >= 15 is 0 Å². The van der Waals surface area contributed by atoms with Crippen LogP contribution in [-0.4, -0.2) is 35.7 Å². The van der Waals surface area contributed by atoms with Crippen molar-refractivity contribution in [3.05, 3.63) is 0 Å². The number of hydrogen-bond acceptors (Lipinski definition) is 3. The van der Waals surface area contributed by atoms with Gasteiger partial charge in [0.05, 0.1) is 0 Å². The number of aliphatic carboxylic acids is 1. The predicted molar refractivity (Wildman–Crippen MR) is 44.2 cm³/mol. The van der Waals surface area contributed by atoms with E-state index < -0.39 is 11.6 Å². The second-order valence-corrected chi connectivity index (χ2v) is 3.31. The number of carboxylic acids is 1. The number of carbonyl (C=O) groups excluding carboxylic acids is 1. The molecule has 0 bridgehead atoms. The first-order chi connectivity index (χ1) is 6.00. The first kappa shape index (κ1) is 9.98. The number of carboxylic acid groups (broad SMARTS) is 1. The van der Waals surface area contributed by atoms with E-state index in [-0.39, 0.29) is 11.9 Å². The average molecular weight is 187 g/mol. The highest BCUT2D eigenvalue weighted by Gasteiger charge is 2.51. The van der Waals surface area contributed by atoms with Gasteiger partial charge in [0.15, 0.2) is 5.60 Å². The molecule has 0 atom stereocenters. The van der Waals surface area contributed by atoms with E-state index in [1.165, 1.54) is 14.0 Å². The summed E-state index contributed by atoms with van der Waals surface area (Å²) in [6, 6.07) is -0.0615. The molecular weight excluding hydrogens is 174 g/mol. The average Bonchev–Trinajstić information content (AvgIpc) is 1.94. The van der Waals surface area contributed by atoms with Gasteiger partial charge in [-0.3, -0.25) is 4.79 Å². The fourth-order valence-corrected chi connectivity index (χ4v) is 1.55. The van der Waals surface area contributed by atoms with Crippen LogP contribution in [0.2, 0.25) is 0 Å². The van der Waals surface area contributed by atoms with Crippen LogP contribution in [0.1, 0.15) is 19.8 Å². The van der Waals surface area contributed by atoms with Crippen molar-refractivity contribution in [3.63, 3.8) is 0 Å². The summed E-state index contributed by atoms with van der Waals surface area (Å²) in [6.07, 6.45) is 0.691. The lowest BCUT2D eigenvalue weighted by atomic mass is 9.75. The Morgan fingerprint density at radius 3 is 2.38 bits per heavy atom. The minimum Gasteiger partial charge on any atom is -0.479 e. The molecule has 0 aliphatic heterocycles. The van der Waals surface area contributed by atoms with Crippen molar-refractivity contribution in [2.75, 3.05) is 7.11 Å². The molecule has 0 unspecified atom stereocenters. The number of methoxy groups -OCH3 is 1. The number of amides is 1.